The Morgan fingerprint density at radius 2 is 1.90 bits per heavy atom. The third kappa shape index (κ3) is 4.37. The Kier molecular flexibility index (Phi) is 5.41. The van der Waals surface area contributed by atoms with Crippen LogP contribution in [0.15, 0.2) is 42.5 Å². The van der Waals surface area contributed by atoms with Gasteiger partial charge in [-0.1, -0.05) is 0 Å². The zero-order valence-corrected chi connectivity index (χ0v) is 16.1. The van der Waals surface area contributed by atoms with Crippen molar-refractivity contribution in [1.82, 2.24) is 5.32 Å². The minimum Gasteiger partial charge on any atom is -0.494 e. The molecule has 0 spiro atoms. The molecule has 2 aliphatic heterocycles. The van der Waals surface area contributed by atoms with Crippen LogP contribution >= 0.6 is 0 Å². The monoisotopic (exact) mass is 397 g/mol. The molecule has 0 saturated carbocycles. The fourth-order valence-electron chi connectivity index (χ4n) is 3.41. The molecular formula is C21H23N3O5. The zero-order chi connectivity index (χ0) is 20.2. The van der Waals surface area contributed by atoms with Crippen LogP contribution in [-0.4, -0.2) is 44.3 Å². The Hall–Kier alpha value is -3.42. The normalized spacial score (nSPS) is 17.8. The largest absolute Gasteiger partial charge is 0.494 e. The van der Waals surface area contributed by atoms with Gasteiger partial charge in [0.25, 0.3) is 0 Å². The number of benzene rings is 2. The predicted octanol–water partition coefficient (Wildman–Crippen LogP) is 2.78. The van der Waals surface area contributed by atoms with Crippen LogP contribution in [0.25, 0.3) is 0 Å². The van der Waals surface area contributed by atoms with Crippen molar-refractivity contribution in [3.8, 4) is 17.2 Å². The number of fused-ring (bicyclic) bond motifs is 1. The topological polar surface area (TPSA) is 89.1 Å². The minimum absolute atomic E-state index is 0.0481. The minimum atomic E-state index is -0.351. The molecule has 152 valence electrons. The summed E-state index contributed by atoms with van der Waals surface area (Å²) < 4.78 is 16.5. The first-order chi connectivity index (χ1) is 14.1. The molecule has 0 aliphatic carbocycles. The van der Waals surface area contributed by atoms with Gasteiger partial charge in [0, 0.05) is 30.4 Å². The molecule has 2 aromatic rings. The van der Waals surface area contributed by atoms with E-state index < -0.39 is 0 Å². The molecule has 2 heterocycles. The van der Waals surface area contributed by atoms with Crippen molar-refractivity contribution in [2.45, 2.75) is 19.4 Å². The third-order valence-corrected chi connectivity index (χ3v) is 4.72. The van der Waals surface area contributed by atoms with Gasteiger partial charge >= 0.3 is 6.03 Å². The molecule has 1 saturated heterocycles. The number of nitrogens with zero attached hydrogens (tertiary/aromatic N) is 1. The predicted molar refractivity (Wildman–Crippen MR) is 108 cm³/mol. The average Bonchev–Trinajstić information content (AvgIpc) is 3.09. The van der Waals surface area contributed by atoms with E-state index in [4.69, 9.17) is 14.2 Å². The van der Waals surface area contributed by atoms with E-state index in [1.165, 1.54) is 0 Å². The number of ether oxygens (including phenoxy) is 3. The number of carbonyl (C=O) groups excluding carboxylic acids is 2. The van der Waals surface area contributed by atoms with Gasteiger partial charge in [0.1, 0.15) is 19.0 Å². The molecule has 8 heteroatoms. The molecule has 0 aromatic heterocycles. The summed E-state index contributed by atoms with van der Waals surface area (Å²) in [7, 11) is 0. The van der Waals surface area contributed by atoms with E-state index in [1.807, 2.05) is 13.0 Å². The van der Waals surface area contributed by atoms with Crippen LogP contribution in [0.5, 0.6) is 17.2 Å². The van der Waals surface area contributed by atoms with E-state index in [0.29, 0.717) is 43.6 Å². The van der Waals surface area contributed by atoms with E-state index in [-0.39, 0.29) is 24.4 Å². The van der Waals surface area contributed by atoms with E-state index >= 15 is 0 Å². The quantitative estimate of drug-likeness (QED) is 0.810. The molecule has 0 bridgehead atoms. The van der Waals surface area contributed by atoms with Gasteiger partial charge in [-0.05, 0) is 43.3 Å². The highest BCUT2D eigenvalue weighted by Crippen LogP contribution is 2.35. The highest BCUT2D eigenvalue weighted by Gasteiger charge is 2.32. The van der Waals surface area contributed by atoms with E-state index in [9.17, 15) is 9.59 Å². The highest BCUT2D eigenvalue weighted by atomic mass is 16.6. The second kappa shape index (κ2) is 8.30. The van der Waals surface area contributed by atoms with Crippen LogP contribution in [0.4, 0.5) is 16.2 Å². The second-order valence-corrected chi connectivity index (χ2v) is 6.79. The molecule has 1 fully saturated rings. The van der Waals surface area contributed by atoms with Crippen molar-refractivity contribution in [2.24, 2.45) is 0 Å². The average molecular weight is 397 g/mol. The summed E-state index contributed by atoms with van der Waals surface area (Å²) in [6.07, 6.45) is 0.241. The third-order valence-electron chi connectivity index (χ3n) is 4.72. The van der Waals surface area contributed by atoms with Crippen LogP contribution in [0.1, 0.15) is 13.3 Å². The summed E-state index contributed by atoms with van der Waals surface area (Å²) in [6.45, 7) is 3.90. The van der Waals surface area contributed by atoms with Crippen molar-refractivity contribution in [2.75, 3.05) is 36.6 Å². The summed E-state index contributed by atoms with van der Waals surface area (Å²) in [4.78, 5) is 26.4. The van der Waals surface area contributed by atoms with Crippen LogP contribution in [0.2, 0.25) is 0 Å². The lowest BCUT2D eigenvalue weighted by Gasteiger charge is -2.22. The number of nitrogens with one attached hydrogen (secondary N) is 2. The smallest absolute Gasteiger partial charge is 0.319 e. The lowest BCUT2D eigenvalue weighted by atomic mass is 10.2. The van der Waals surface area contributed by atoms with E-state index in [2.05, 4.69) is 10.6 Å². The van der Waals surface area contributed by atoms with Gasteiger partial charge in [-0.2, -0.15) is 0 Å². The highest BCUT2D eigenvalue weighted by molar-refractivity contribution is 5.98. The Morgan fingerprint density at radius 3 is 2.66 bits per heavy atom. The first kappa shape index (κ1) is 18.9. The number of anilines is 2. The maximum absolute atomic E-state index is 12.5. The number of carbonyl (C=O) groups is 2. The summed E-state index contributed by atoms with van der Waals surface area (Å²) in [5.41, 5.74) is 1.38. The molecule has 3 amide bonds. The van der Waals surface area contributed by atoms with E-state index in [0.717, 1.165) is 11.4 Å². The van der Waals surface area contributed by atoms with Crippen LogP contribution in [-0.2, 0) is 4.79 Å². The lowest BCUT2D eigenvalue weighted by molar-refractivity contribution is -0.117. The number of hydrogen-bond donors (Lipinski definition) is 2. The fourth-order valence-corrected chi connectivity index (χ4v) is 3.41. The van der Waals surface area contributed by atoms with Crippen molar-refractivity contribution in [1.29, 1.82) is 0 Å². The second-order valence-electron chi connectivity index (χ2n) is 6.79. The van der Waals surface area contributed by atoms with Crippen LogP contribution in [0, 0.1) is 0 Å². The van der Waals surface area contributed by atoms with Gasteiger partial charge in [-0.15, -0.1) is 0 Å². The van der Waals surface area contributed by atoms with E-state index in [1.54, 1.807) is 41.3 Å². The van der Waals surface area contributed by atoms with Crippen molar-refractivity contribution < 1.29 is 23.8 Å². The number of hydrogen-bond acceptors (Lipinski definition) is 5. The Morgan fingerprint density at radius 1 is 1.14 bits per heavy atom. The molecule has 1 atom stereocenters. The summed E-state index contributed by atoms with van der Waals surface area (Å²) in [5, 5.41) is 5.64. The number of urea groups is 1. The van der Waals surface area contributed by atoms with Crippen molar-refractivity contribution in [3.63, 3.8) is 0 Å². The Labute approximate surface area is 168 Å². The molecule has 29 heavy (non-hydrogen) atoms. The van der Waals surface area contributed by atoms with Crippen molar-refractivity contribution in [3.05, 3.63) is 42.5 Å². The summed E-state index contributed by atoms with van der Waals surface area (Å²) in [6, 6.07) is 11.9. The summed E-state index contributed by atoms with van der Waals surface area (Å²) >= 11 is 0. The number of amides is 3. The SMILES string of the molecule is CCOc1ccc(NC(=O)NC2CC(=O)N(c3ccc4c(c3)OCCO4)C2)cc1. The lowest BCUT2D eigenvalue weighted by Crippen LogP contribution is -2.39. The van der Waals surface area contributed by atoms with Gasteiger partial charge < -0.3 is 29.7 Å². The van der Waals surface area contributed by atoms with Crippen molar-refractivity contribution >= 4 is 23.3 Å². The summed E-state index contributed by atoms with van der Waals surface area (Å²) in [5.74, 6) is 2.00. The van der Waals surface area contributed by atoms with Gasteiger partial charge in [0.2, 0.25) is 5.91 Å². The zero-order valence-electron chi connectivity index (χ0n) is 16.1. The van der Waals surface area contributed by atoms with Gasteiger partial charge in [-0.25, -0.2) is 4.79 Å². The molecular weight excluding hydrogens is 374 g/mol. The number of rotatable bonds is 5. The maximum Gasteiger partial charge on any atom is 0.319 e. The first-order valence-corrected chi connectivity index (χ1v) is 9.63. The van der Waals surface area contributed by atoms with Gasteiger partial charge in [0.05, 0.1) is 12.6 Å². The van der Waals surface area contributed by atoms with Gasteiger partial charge in [-0.3, -0.25) is 4.79 Å². The molecule has 2 aromatic carbocycles. The molecule has 1 unspecified atom stereocenters. The first-order valence-electron chi connectivity index (χ1n) is 9.63. The maximum atomic E-state index is 12.5. The molecule has 8 nitrogen and oxygen atoms in total. The van der Waals surface area contributed by atoms with Crippen LogP contribution in [0.3, 0.4) is 0 Å². The molecule has 0 radical (unpaired) electrons. The Balaban J connectivity index is 1.35. The molecule has 2 aliphatic rings. The fraction of sp³-hybridized carbons (Fsp3) is 0.333. The Bertz CT molecular complexity index is 900. The molecule has 2 N–H and O–H groups in total. The van der Waals surface area contributed by atoms with Gasteiger partial charge in [0.15, 0.2) is 11.5 Å². The molecule has 4 rings (SSSR count). The standard InChI is InChI=1S/C21H23N3O5/c1-2-27-17-6-3-14(4-7-17)22-21(26)23-15-11-20(25)24(13-15)16-5-8-18-19(12-16)29-10-9-28-18/h3-8,12,15H,2,9-11,13H2,1H3,(H2,22,23,26). The van der Waals surface area contributed by atoms with Crippen LogP contribution < -0.4 is 29.7 Å².